The Morgan fingerprint density at radius 1 is 1.31 bits per heavy atom. The molecule has 1 rings (SSSR count). The van der Waals surface area contributed by atoms with Crippen LogP contribution in [-0.2, 0) is 9.59 Å². The second-order valence-electron chi connectivity index (χ2n) is 4.22. The molecule has 1 heterocycles. The van der Waals surface area contributed by atoms with E-state index in [9.17, 15) is 9.59 Å². The molecule has 1 aliphatic rings. The van der Waals surface area contributed by atoms with E-state index in [1.807, 2.05) is 0 Å². The average Bonchev–Trinajstić information content (AvgIpc) is 2.69. The second kappa shape index (κ2) is 5.45. The lowest BCUT2D eigenvalue weighted by Crippen LogP contribution is -2.36. The number of ketones is 1. The zero-order valence-electron chi connectivity index (χ0n) is 9.69. The molecule has 0 radical (unpaired) electrons. The Kier molecular flexibility index (Phi) is 4.24. The van der Waals surface area contributed by atoms with E-state index < -0.39 is 11.7 Å². The van der Waals surface area contributed by atoms with Crippen LogP contribution in [0.2, 0.25) is 0 Å². The van der Waals surface area contributed by atoms with E-state index in [1.54, 1.807) is 24.8 Å². The molecule has 0 N–H and O–H groups in total. The van der Waals surface area contributed by atoms with Gasteiger partial charge < -0.3 is 4.90 Å². The van der Waals surface area contributed by atoms with Gasteiger partial charge in [-0.05, 0) is 32.8 Å². The van der Waals surface area contributed by atoms with E-state index in [2.05, 4.69) is 0 Å². The van der Waals surface area contributed by atoms with E-state index in [0.29, 0.717) is 13.1 Å². The fourth-order valence-corrected chi connectivity index (χ4v) is 1.73. The lowest BCUT2D eigenvalue weighted by molar-refractivity contribution is -0.136. The van der Waals surface area contributed by atoms with Gasteiger partial charge in [-0.2, -0.15) is 5.26 Å². The predicted molar refractivity (Wildman–Crippen MR) is 59.4 cm³/mol. The molecule has 0 aliphatic carbocycles. The van der Waals surface area contributed by atoms with Crippen molar-refractivity contribution in [2.24, 2.45) is 5.92 Å². The fraction of sp³-hybridized carbons (Fsp3) is 0.583. The van der Waals surface area contributed by atoms with Gasteiger partial charge in [0, 0.05) is 13.1 Å². The van der Waals surface area contributed by atoms with Crippen molar-refractivity contribution in [2.45, 2.75) is 26.7 Å². The molecule has 0 unspecified atom stereocenters. The van der Waals surface area contributed by atoms with Gasteiger partial charge in [0.15, 0.2) is 11.7 Å². The van der Waals surface area contributed by atoms with E-state index in [4.69, 9.17) is 5.26 Å². The highest BCUT2D eigenvalue weighted by molar-refractivity contribution is 6.09. The Bertz CT molecular complexity index is 356. The normalized spacial score (nSPS) is 16.4. The summed E-state index contributed by atoms with van der Waals surface area (Å²) in [5.74, 6) is -1.91. The number of amides is 1. The highest BCUT2D eigenvalue weighted by Gasteiger charge is 2.30. The first-order valence-corrected chi connectivity index (χ1v) is 5.43. The molecule has 86 valence electrons. The smallest absolute Gasteiger partial charge is 0.247 e. The summed E-state index contributed by atoms with van der Waals surface area (Å²) < 4.78 is 0. The molecular weight excluding hydrogens is 204 g/mol. The quantitative estimate of drug-likeness (QED) is 0.531. The number of carbonyl (C=O) groups excluding carboxylic acids is 2. The first kappa shape index (κ1) is 12.4. The first-order chi connectivity index (χ1) is 7.56. The largest absolute Gasteiger partial charge is 0.341 e. The first-order valence-electron chi connectivity index (χ1n) is 5.43. The molecule has 1 aliphatic heterocycles. The van der Waals surface area contributed by atoms with E-state index in [1.165, 1.54) is 6.08 Å². The standard InChI is InChI=1S/C12H16N2O2/c1-9(2)7-11(15)10(8-13)12(16)14-5-3-4-6-14/h7,10H,3-6H2,1-2H3/t10-/m1/s1. The van der Waals surface area contributed by atoms with Crippen LogP contribution in [-0.4, -0.2) is 29.7 Å². The summed E-state index contributed by atoms with van der Waals surface area (Å²) >= 11 is 0. The van der Waals surface area contributed by atoms with Crippen LogP contribution in [0.1, 0.15) is 26.7 Å². The molecule has 16 heavy (non-hydrogen) atoms. The number of likely N-dealkylation sites (tertiary alicyclic amines) is 1. The number of nitrogens with zero attached hydrogens (tertiary/aromatic N) is 2. The third kappa shape index (κ3) is 2.93. The van der Waals surface area contributed by atoms with Gasteiger partial charge in [-0.3, -0.25) is 9.59 Å². The third-order valence-electron chi connectivity index (χ3n) is 2.51. The monoisotopic (exact) mass is 220 g/mol. The van der Waals surface area contributed by atoms with Crippen LogP contribution in [0, 0.1) is 17.2 Å². The number of nitriles is 1. The summed E-state index contributed by atoms with van der Waals surface area (Å²) in [5.41, 5.74) is 0.805. The molecule has 0 aromatic carbocycles. The SMILES string of the molecule is CC(C)=CC(=O)[C@@H](C#N)C(=O)N1CCCC1. The molecule has 4 heteroatoms. The lowest BCUT2D eigenvalue weighted by atomic mass is 10.0. The maximum atomic E-state index is 11.9. The Morgan fingerprint density at radius 2 is 1.88 bits per heavy atom. The average molecular weight is 220 g/mol. The van der Waals surface area contributed by atoms with Gasteiger partial charge in [-0.25, -0.2) is 0 Å². The van der Waals surface area contributed by atoms with Crippen molar-refractivity contribution in [1.29, 1.82) is 5.26 Å². The maximum absolute atomic E-state index is 11.9. The molecule has 0 aromatic heterocycles. The van der Waals surface area contributed by atoms with Crippen molar-refractivity contribution in [3.8, 4) is 6.07 Å². The Morgan fingerprint density at radius 3 is 2.31 bits per heavy atom. The third-order valence-corrected chi connectivity index (χ3v) is 2.51. The maximum Gasteiger partial charge on any atom is 0.247 e. The zero-order valence-corrected chi connectivity index (χ0v) is 9.69. The zero-order chi connectivity index (χ0) is 12.1. The number of hydrogen-bond donors (Lipinski definition) is 0. The van der Waals surface area contributed by atoms with Gasteiger partial charge in [-0.15, -0.1) is 0 Å². The number of carbonyl (C=O) groups is 2. The summed E-state index contributed by atoms with van der Waals surface area (Å²) in [6, 6.07) is 1.80. The van der Waals surface area contributed by atoms with Crippen molar-refractivity contribution in [3.63, 3.8) is 0 Å². The number of allylic oxidation sites excluding steroid dienone is 2. The van der Waals surface area contributed by atoms with E-state index >= 15 is 0 Å². The van der Waals surface area contributed by atoms with Gasteiger partial charge >= 0.3 is 0 Å². The van der Waals surface area contributed by atoms with Crippen LogP contribution in [0.25, 0.3) is 0 Å². The topological polar surface area (TPSA) is 61.2 Å². The van der Waals surface area contributed by atoms with Crippen molar-refractivity contribution < 1.29 is 9.59 Å². The Hall–Kier alpha value is -1.63. The van der Waals surface area contributed by atoms with Crippen molar-refractivity contribution in [2.75, 3.05) is 13.1 Å². The molecule has 1 atom stereocenters. The highest BCUT2D eigenvalue weighted by atomic mass is 16.2. The van der Waals surface area contributed by atoms with E-state index in [-0.39, 0.29) is 5.91 Å². The molecule has 0 spiro atoms. The summed E-state index contributed by atoms with van der Waals surface area (Å²) in [4.78, 5) is 25.1. The lowest BCUT2D eigenvalue weighted by Gasteiger charge is -2.17. The molecule has 0 bridgehead atoms. The number of hydrogen-bond acceptors (Lipinski definition) is 3. The minimum absolute atomic E-state index is 0.345. The molecule has 0 aromatic rings. The molecule has 4 nitrogen and oxygen atoms in total. The van der Waals surface area contributed by atoms with Crippen LogP contribution in [0.3, 0.4) is 0 Å². The molecular formula is C12H16N2O2. The predicted octanol–water partition coefficient (Wildman–Crippen LogP) is 1.28. The van der Waals surface area contributed by atoms with Gasteiger partial charge in [0.1, 0.15) is 0 Å². The number of rotatable bonds is 3. The molecule has 1 amide bonds. The van der Waals surface area contributed by atoms with Gasteiger partial charge in [0.05, 0.1) is 6.07 Å². The summed E-state index contributed by atoms with van der Waals surface area (Å²) in [6.07, 6.45) is 3.28. The minimum atomic E-state index is -1.16. The van der Waals surface area contributed by atoms with Crippen LogP contribution in [0.5, 0.6) is 0 Å². The van der Waals surface area contributed by atoms with Gasteiger partial charge in [0.2, 0.25) is 5.91 Å². The Labute approximate surface area is 95.5 Å². The highest BCUT2D eigenvalue weighted by Crippen LogP contribution is 2.13. The van der Waals surface area contributed by atoms with Crippen molar-refractivity contribution in [1.82, 2.24) is 4.90 Å². The van der Waals surface area contributed by atoms with Gasteiger partial charge in [0.25, 0.3) is 0 Å². The van der Waals surface area contributed by atoms with Crippen LogP contribution in [0.4, 0.5) is 0 Å². The van der Waals surface area contributed by atoms with Crippen LogP contribution in [0.15, 0.2) is 11.6 Å². The Balaban J connectivity index is 2.74. The molecule has 1 saturated heterocycles. The van der Waals surface area contributed by atoms with Crippen LogP contribution >= 0.6 is 0 Å². The molecule has 0 saturated carbocycles. The van der Waals surface area contributed by atoms with Crippen molar-refractivity contribution in [3.05, 3.63) is 11.6 Å². The van der Waals surface area contributed by atoms with Crippen molar-refractivity contribution >= 4 is 11.7 Å². The second-order valence-corrected chi connectivity index (χ2v) is 4.22. The summed E-state index contributed by atoms with van der Waals surface area (Å²) in [7, 11) is 0. The van der Waals surface area contributed by atoms with E-state index in [0.717, 1.165) is 18.4 Å². The summed E-state index contributed by atoms with van der Waals surface area (Å²) in [6.45, 7) is 4.87. The van der Waals surface area contributed by atoms with Crippen LogP contribution < -0.4 is 0 Å². The summed E-state index contributed by atoms with van der Waals surface area (Å²) in [5, 5.41) is 8.89. The fourth-order valence-electron chi connectivity index (χ4n) is 1.73. The van der Waals surface area contributed by atoms with Gasteiger partial charge in [-0.1, -0.05) is 5.57 Å². The molecule has 1 fully saturated rings. The minimum Gasteiger partial charge on any atom is -0.341 e.